The van der Waals surface area contributed by atoms with Crippen LogP contribution in [0, 0.1) is 5.41 Å². The average Bonchev–Trinajstić information content (AvgIpc) is 2.57. The Bertz CT molecular complexity index is 542. The second-order valence-electron chi connectivity index (χ2n) is 8.88. The van der Waals surface area contributed by atoms with Crippen molar-refractivity contribution in [2.24, 2.45) is 5.41 Å². The summed E-state index contributed by atoms with van der Waals surface area (Å²) in [5.41, 5.74) is -4.05. The molecule has 9 unspecified atom stereocenters. The van der Waals surface area contributed by atoms with Gasteiger partial charge >= 0.3 is 0 Å². The molecule has 1 aliphatic heterocycles. The van der Waals surface area contributed by atoms with E-state index < -0.39 is 66.1 Å². The van der Waals surface area contributed by atoms with Crippen molar-refractivity contribution in [3.05, 3.63) is 12.2 Å². The molecule has 0 radical (unpaired) electrons. The minimum Gasteiger partial charge on any atom is -0.394 e. The molecular weight excluding hydrogens is 372 g/mol. The molecule has 28 heavy (non-hydrogen) atoms. The fraction of sp³-hybridized carbons (Fsp3) is 0.895. The fourth-order valence-electron chi connectivity index (χ4n) is 4.28. The molecule has 2 aliphatic rings. The molecule has 7 N–H and O–H groups in total. The summed E-state index contributed by atoms with van der Waals surface area (Å²) in [5, 5.41) is 70.9. The Morgan fingerprint density at radius 3 is 2.18 bits per heavy atom. The van der Waals surface area contributed by atoms with Gasteiger partial charge in [-0.3, -0.25) is 0 Å². The van der Waals surface area contributed by atoms with Crippen molar-refractivity contribution in [2.45, 2.75) is 94.7 Å². The first kappa shape index (κ1) is 23.7. The van der Waals surface area contributed by atoms with Crippen LogP contribution in [0.15, 0.2) is 12.2 Å². The van der Waals surface area contributed by atoms with E-state index in [0.29, 0.717) is 6.42 Å². The average molecular weight is 406 g/mol. The monoisotopic (exact) mass is 406 g/mol. The molecule has 0 aromatic carbocycles. The molecule has 1 heterocycles. The van der Waals surface area contributed by atoms with Gasteiger partial charge in [-0.25, -0.2) is 0 Å². The summed E-state index contributed by atoms with van der Waals surface area (Å²) >= 11 is 0. The molecule has 0 spiro atoms. The van der Waals surface area contributed by atoms with Crippen LogP contribution in [-0.4, -0.2) is 96.5 Å². The van der Waals surface area contributed by atoms with Crippen LogP contribution in [0.25, 0.3) is 0 Å². The predicted molar refractivity (Wildman–Crippen MR) is 98.0 cm³/mol. The summed E-state index contributed by atoms with van der Waals surface area (Å²) in [6, 6.07) is 0. The minimum absolute atomic E-state index is 0.0131. The topological polar surface area (TPSA) is 160 Å². The van der Waals surface area contributed by atoms with Crippen LogP contribution >= 0.6 is 0 Å². The van der Waals surface area contributed by atoms with Gasteiger partial charge < -0.3 is 45.2 Å². The highest BCUT2D eigenvalue weighted by Crippen LogP contribution is 2.50. The van der Waals surface area contributed by atoms with Gasteiger partial charge in [0, 0.05) is 11.8 Å². The molecule has 164 valence electrons. The van der Waals surface area contributed by atoms with Gasteiger partial charge in [-0.05, 0) is 20.3 Å². The number of rotatable bonds is 5. The molecule has 0 aromatic rings. The molecule has 0 aromatic heterocycles. The zero-order chi connectivity index (χ0) is 21.5. The number of hydrogen-bond acceptors (Lipinski definition) is 9. The molecule has 2 fully saturated rings. The molecule has 1 saturated heterocycles. The Morgan fingerprint density at radius 1 is 1.04 bits per heavy atom. The number of ether oxygens (including phenoxy) is 2. The normalized spacial score (nSPS) is 48.0. The molecular formula is C19H34O9. The Labute approximate surface area is 164 Å². The van der Waals surface area contributed by atoms with Gasteiger partial charge in [0.1, 0.15) is 30.0 Å². The van der Waals surface area contributed by atoms with Gasteiger partial charge in [0.05, 0.1) is 24.4 Å². The lowest BCUT2D eigenvalue weighted by atomic mass is 9.57. The van der Waals surface area contributed by atoms with Gasteiger partial charge in [-0.2, -0.15) is 0 Å². The lowest BCUT2D eigenvalue weighted by molar-refractivity contribution is -0.306. The van der Waals surface area contributed by atoms with E-state index in [1.165, 1.54) is 19.1 Å². The van der Waals surface area contributed by atoms with Crippen LogP contribution in [0.2, 0.25) is 0 Å². The van der Waals surface area contributed by atoms with Gasteiger partial charge in [-0.15, -0.1) is 0 Å². The van der Waals surface area contributed by atoms with Gasteiger partial charge in [-0.1, -0.05) is 26.0 Å². The van der Waals surface area contributed by atoms with Crippen molar-refractivity contribution in [3.8, 4) is 0 Å². The maximum atomic E-state index is 11.2. The standard InChI is InChI=1S/C19H34O9/c1-10(27-16-15(24)14(23)13(22)12(9-20)28-16)5-6-19(26)17(2,3)7-11(21)8-18(19,4)25/h5-6,10-16,20-26H,7-9H2,1-4H3/b6-5+. The van der Waals surface area contributed by atoms with E-state index in [4.69, 9.17) is 9.47 Å². The van der Waals surface area contributed by atoms with Crippen LogP contribution < -0.4 is 0 Å². The molecule has 2 rings (SSSR count). The van der Waals surface area contributed by atoms with Crippen molar-refractivity contribution in [1.29, 1.82) is 0 Å². The van der Waals surface area contributed by atoms with Gasteiger partial charge in [0.2, 0.25) is 0 Å². The summed E-state index contributed by atoms with van der Waals surface area (Å²) in [7, 11) is 0. The Balaban J connectivity index is 2.13. The van der Waals surface area contributed by atoms with Crippen molar-refractivity contribution >= 4 is 0 Å². The smallest absolute Gasteiger partial charge is 0.187 e. The fourth-order valence-corrected chi connectivity index (χ4v) is 4.28. The first-order valence-corrected chi connectivity index (χ1v) is 9.54. The number of aliphatic hydroxyl groups is 7. The summed E-state index contributed by atoms with van der Waals surface area (Å²) in [4.78, 5) is 0. The zero-order valence-corrected chi connectivity index (χ0v) is 16.8. The summed E-state index contributed by atoms with van der Waals surface area (Å²) in [6.07, 6.45) is -5.14. The Kier molecular flexibility index (Phi) is 6.97. The third kappa shape index (κ3) is 4.28. The van der Waals surface area contributed by atoms with Crippen LogP contribution in [0.5, 0.6) is 0 Å². The molecule has 9 nitrogen and oxygen atoms in total. The quantitative estimate of drug-likeness (QED) is 0.267. The largest absolute Gasteiger partial charge is 0.394 e. The molecule has 0 bridgehead atoms. The third-order valence-electron chi connectivity index (χ3n) is 6.04. The van der Waals surface area contributed by atoms with E-state index >= 15 is 0 Å². The van der Waals surface area contributed by atoms with E-state index in [-0.39, 0.29) is 6.42 Å². The van der Waals surface area contributed by atoms with Crippen molar-refractivity contribution in [3.63, 3.8) is 0 Å². The van der Waals surface area contributed by atoms with Crippen LogP contribution in [-0.2, 0) is 9.47 Å². The van der Waals surface area contributed by atoms with Crippen molar-refractivity contribution in [2.75, 3.05) is 6.61 Å². The molecule has 1 aliphatic carbocycles. The summed E-state index contributed by atoms with van der Waals surface area (Å²) < 4.78 is 10.9. The van der Waals surface area contributed by atoms with E-state index in [9.17, 15) is 35.7 Å². The summed E-state index contributed by atoms with van der Waals surface area (Å²) in [5.74, 6) is 0. The second-order valence-corrected chi connectivity index (χ2v) is 8.88. The third-order valence-corrected chi connectivity index (χ3v) is 6.04. The predicted octanol–water partition coefficient (Wildman–Crippen LogP) is -1.59. The maximum absolute atomic E-state index is 11.2. The zero-order valence-electron chi connectivity index (χ0n) is 16.8. The van der Waals surface area contributed by atoms with E-state index in [1.807, 2.05) is 0 Å². The molecule has 9 atom stereocenters. The Morgan fingerprint density at radius 2 is 1.64 bits per heavy atom. The first-order chi connectivity index (χ1) is 12.8. The van der Waals surface area contributed by atoms with Crippen LogP contribution in [0.3, 0.4) is 0 Å². The first-order valence-electron chi connectivity index (χ1n) is 9.54. The molecule has 9 heteroatoms. The lowest BCUT2D eigenvalue weighted by Gasteiger charge is -2.55. The lowest BCUT2D eigenvalue weighted by Crippen LogP contribution is -2.65. The molecule has 1 saturated carbocycles. The van der Waals surface area contributed by atoms with Crippen LogP contribution in [0.4, 0.5) is 0 Å². The van der Waals surface area contributed by atoms with Crippen molar-refractivity contribution in [1.82, 2.24) is 0 Å². The van der Waals surface area contributed by atoms with E-state index in [2.05, 4.69) is 0 Å². The SMILES string of the molecule is CC(/C=C/C1(O)C(C)(C)CC(O)CC1(C)O)OC1OC(CO)C(O)C(O)C1O. The van der Waals surface area contributed by atoms with E-state index in [1.54, 1.807) is 20.8 Å². The second kappa shape index (κ2) is 8.25. The maximum Gasteiger partial charge on any atom is 0.187 e. The summed E-state index contributed by atoms with van der Waals surface area (Å²) in [6.45, 7) is 6.01. The highest BCUT2D eigenvalue weighted by Gasteiger charge is 2.58. The highest BCUT2D eigenvalue weighted by molar-refractivity contribution is 5.21. The van der Waals surface area contributed by atoms with Gasteiger partial charge in [0.25, 0.3) is 0 Å². The Hall–Kier alpha value is -0.620. The van der Waals surface area contributed by atoms with Crippen LogP contribution in [0.1, 0.15) is 40.5 Å². The molecule has 0 amide bonds. The van der Waals surface area contributed by atoms with Gasteiger partial charge in [0.15, 0.2) is 6.29 Å². The highest BCUT2D eigenvalue weighted by atomic mass is 16.7. The van der Waals surface area contributed by atoms with Crippen molar-refractivity contribution < 1.29 is 45.2 Å². The number of hydrogen-bond donors (Lipinski definition) is 7. The minimum atomic E-state index is -1.65. The number of aliphatic hydroxyl groups excluding tert-OH is 5. The van der Waals surface area contributed by atoms with E-state index in [0.717, 1.165) is 0 Å².